The van der Waals surface area contributed by atoms with Gasteiger partial charge in [0.2, 0.25) is 0 Å². The Morgan fingerprint density at radius 2 is 2.05 bits per heavy atom. The first-order valence-corrected chi connectivity index (χ1v) is 6.65. The van der Waals surface area contributed by atoms with Crippen LogP contribution >= 0.6 is 11.3 Å². The van der Waals surface area contributed by atoms with Gasteiger partial charge in [-0.05, 0) is 6.92 Å². The van der Waals surface area contributed by atoms with Crippen LogP contribution in [0.3, 0.4) is 0 Å². The fraction of sp³-hybridized carbons (Fsp3) is 0.545. The minimum atomic E-state index is -4.66. The van der Waals surface area contributed by atoms with E-state index in [4.69, 9.17) is 5.11 Å². The van der Waals surface area contributed by atoms with Gasteiger partial charge in [-0.15, -0.1) is 11.3 Å². The second-order valence-corrected chi connectivity index (χ2v) is 5.30. The van der Waals surface area contributed by atoms with Crippen molar-refractivity contribution in [3.8, 4) is 0 Å². The molecule has 6 nitrogen and oxygen atoms in total. The number of aliphatic carboxylic acids is 1. The maximum atomic E-state index is 12.4. The first-order chi connectivity index (χ1) is 9.60. The molecule has 10 heteroatoms. The molecule has 1 N–H and O–H groups in total. The van der Waals surface area contributed by atoms with Crippen LogP contribution in [0.2, 0.25) is 0 Å². The molecule has 0 bridgehead atoms. The largest absolute Gasteiger partial charge is 0.480 e. The Morgan fingerprint density at radius 3 is 2.48 bits per heavy atom. The maximum absolute atomic E-state index is 12.4. The summed E-state index contributed by atoms with van der Waals surface area (Å²) < 4.78 is 37.2. The number of nitrogens with zero attached hydrogens (tertiary/aromatic N) is 3. The van der Waals surface area contributed by atoms with Crippen molar-refractivity contribution in [1.29, 1.82) is 0 Å². The van der Waals surface area contributed by atoms with Gasteiger partial charge in [-0.3, -0.25) is 4.79 Å². The molecule has 1 aromatic heterocycles. The Balaban J connectivity index is 2.78. The minimum Gasteiger partial charge on any atom is -0.480 e. The summed E-state index contributed by atoms with van der Waals surface area (Å²) in [6.45, 7) is -0.827. The number of halogens is 3. The number of rotatable bonds is 5. The van der Waals surface area contributed by atoms with Crippen LogP contribution in [0.4, 0.5) is 18.0 Å². The monoisotopic (exact) mass is 325 g/mol. The number of urea groups is 1. The molecule has 0 aromatic carbocycles. The lowest BCUT2D eigenvalue weighted by Crippen LogP contribution is -2.47. The summed E-state index contributed by atoms with van der Waals surface area (Å²) >= 11 is 1.27. The zero-order chi connectivity index (χ0) is 16.2. The molecule has 118 valence electrons. The number of carboxylic acid groups (broad SMARTS) is 1. The van der Waals surface area contributed by atoms with Gasteiger partial charge < -0.3 is 14.9 Å². The van der Waals surface area contributed by atoms with Gasteiger partial charge in [-0.25, -0.2) is 9.78 Å². The molecule has 0 aliphatic heterocycles. The molecule has 2 amide bonds. The number of aromatic nitrogens is 1. The number of aryl methyl sites for hydroxylation is 1. The van der Waals surface area contributed by atoms with E-state index in [1.54, 1.807) is 12.4 Å². The molecule has 0 saturated carbocycles. The third kappa shape index (κ3) is 5.58. The topological polar surface area (TPSA) is 73.7 Å². The molecule has 1 heterocycles. The van der Waals surface area contributed by atoms with Crippen LogP contribution in [0.1, 0.15) is 10.6 Å². The number of thiazole rings is 1. The van der Waals surface area contributed by atoms with Crippen LogP contribution in [-0.4, -0.2) is 58.2 Å². The lowest BCUT2D eigenvalue weighted by molar-refractivity contribution is -0.149. The summed E-state index contributed by atoms with van der Waals surface area (Å²) in [6, 6.07) is -0.998. The third-order valence-corrected chi connectivity index (χ3v) is 3.44. The molecule has 21 heavy (non-hydrogen) atoms. The van der Waals surface area contributed by atoms with Crippen LogP contribution in [0.25, 0.3) is 0 Å². The Bertz CT molecular complexity index is 518. The molecule has 0 spiro atoms. The standard InChI is InChI=1S/C11H14F3N3O3S/c1-7-8(21-6-15-7)3-16(2)10(20)17(4-9(18)19)5-11(12,13)14/h6H,3-5H2,1-2H3,(H,18,19). The van der Waals surface area contributed by atoms with Gasteiger partial charge in [-0.1, -0.05) is 0 Å². The van der Waals surface area contributed by atoms with Gasteiger partial charge in [0.05, 0.1) is 17.7 Å². The lowest BCUT2D eigenvalue weighted by atomic mass is 10.3. The van der Waals surface area contributed by atoms with E-state index in [-0.39, 0.29) is 11.4 Å². The quantitative estimate of drug-likeness (QED) is 0.898. The average molecular weight is 325 g/mol. The first-order valence-electron chi connectivity index (χ1n) is 5.77. The van der Waals surface area contributed by atoms with Crippen molar-refractivity contribution in [2.24, 2.45) is 0 Å². The van der Waals surface area contributed by atoms with Crippen molar-refractivity contribution < 1.29 is 27.9 Å². The number of alkyl halides is 3. The zero-order valence-corrected chi connectivity index (χ0v) is 12.2. The SMILES string of the molecule is Cc1ncsc1CN(C)C(=O)N(CC(=O)O)CC(F)(F)F. The van der Waals surface area contributed by atoms with E-state index in [2.05, 4.69) is 4.98 Å². The second kappa shape index (κ2) is 6.74. The Labute approximate surface area is 122 Å². The number of carbonyl (C=O) groups is 2. The summed E-state index contributed by atoms with van der Waals surface area (Å²) in [6.07, 6.45) is -4.66. The Morgan fingerprint density at radius 1 is 1.43 bits per heavy atom. The van der Waals surface area contributed by atoms with E-state index in [1.165, 1.54) is 18.4 Å². The molecule has 0 aliphatic rings. The van der Waals surface area contributed by atoms with E-state index < -0.39 is 31.3 Å². The molecule has 1 rings (SSSR count). The van der Waals surface area contributed by atoms with E-state index in [9.17, 15) is 22.8 Å². The predicted molar refractivity (Wildman–Crippen MR) is 69.0 cm³/mol. The van der Waals surface area contributed by atoms with Crippen LogP contribution in [0.5, 0.6) is 0 Å². The number of hydrogen-bond donors (Lipinski definition) is 1. The molecule has 0 aliphatic carbocycles. The van der Waals surface area contributed by atoms with E-state index in [0.29, 0.717) is 5.69 Å². The highest BCUT2D eigenvalue weighted by molar-refractivity contribution is 7.09. The normalized spacial score (nSPS) is 11.3. The Kier molecular flexibility index (Phi) is 5.53. The highest BCUT2D eigenvalue weighted by Gasteiger charge is 2.35. The summed E-state index contributed by atoms with van der Waals surface area (Å²) in [4.78, 5) is 28.6. The maximum Gasteiger partial charge on any atom is 0.406 e. The molecule has 0 fully saturated rings. The van der Waals surface area contributed by atoms with Crippen LogP contribution < -0.4 is 0 Å². The molecule has 1 aromatic rings. The molecule has 0 saturated heterocycles. The molecule has 0 unspecified atom stereocenters. The highest BCUT2D eigenvalue weighted by atomic mass is 32.1. The number of hydrogen-bond acceptors (Lipinski definition) is 4. The van der Waals surface area contributed by atoms with Crippen molar-refractivity contribution in [3.05, 3.63) is 16.1 Å². The lowest BCUT2D eigenvalue weighted by Gasteiger charge is -2.27. The van der Waals surface area contributed by atoms with Crippen molar-refractivity contribution in [1.82, 2.24) is 14.8 Å². The number of amides is 2. The molecule has 0 atom stereocenters. The summed E-state index contributed by atoms with van der Waals surface area (Å²) in [5, 5.41) is 8.62. The van der Waals surface area contributed by atoms with E-state index >= 15 is 0 Å². The summed E-state index contributed by atoms with van der Waals surface area (Å²) in [5.41, 5.74) is 2.24. The van der Waals surface area contributed by atoms with Crippen LogP contribution in [0.15, 0.2) is 5.51 Å². The van der Waals surface area contributed by atoms with E-state index in [0.717, 1.165) is 9.78 Å². The van der Waals surface area contributed by atoms with Crippen molar-refractivity contribution in [3.63, 3.8) is 0 Å². The predicted octanol–water partition coefficient (Wildman–Crippen LogP) is 1.95. The first kappa shape index (κ1) is 17.2. The van der Waals surface area contributed by atoms with Crippen molar-refractivity contribution >= 4 is 23.3 Å². The van der Waals surface area contributed by atoms with Gasteiger partial charge in [-0.2, -0.15) is 13.2 Å². The zero-order valence-electron chi connectivity index (χ0n) is 11.3. The van der Waals surface area contributed by atoms with Gasteiger partial charge in [0.25, 0.3) is 0 Å². The molecule has 0 radical (unpaired) electrons. The summed E-state index contributed by atoms with van der Waals surface area (Å²) in [7, 11) is 1.31. The molecular formula is C11H14F3N3O3S. The van der Waals surface area contributed by atoms with E-state index in [1.807, 2.05) is 0 Å². The van der Waals surface area contributed by atoms with Crippen LogP contribution in [-0.2, 0) is 11.3 Å². The second-order valence-electron chi connectivity index (χ2n) is 4.36. The fourth-order valence-corrected chi connectivity index (χ4v) is 2.40. The summed E-state index contributed by atoms with van der Waals surface area (Å²) in [5.74, 6) is -1.50. The minimum absolute atomic E-state index is 0.0727. The number of carbonyl (C=O) groups excluding carboxylic acids is 1. The Hall–Kier alpha value is -1.84. The van der Waals surface area contributed by atoms with Crippen molar-refractivity contribution in [2.75, 3.05) is 20.1 Å². The third-order valence-electron chi connectivity index (χ3n) is 2.52. The van der Waals surface area contributed by atoms with Crippen LogP contribution in [0, 0.1) is 6.92 Å². The number of carboxylic acids is 1. The van der Waals surface area contributed by atoms with Gasteiger partial charge >= 0.3 is 18.2 Å². The highest BCUT2D eigenvalue weighted by Crippen LogP contribution is 2.19. The van der Waals surface area contributed by atoms with Gasteiger partial charge in [0, 0.05) is 11.9 Å². The molecular weight excluding hydrogens is 311 g/mol. The average Bonchev–Trinajstić information content (AvgIpc) is 2.70. The van der Waals surface area contributed by atoms with Gasteiger partial charge in [0.15, 0.2) is 0 Å². The van der Waals surface area contributed by atoms with Gasteiger partial charge in [0.1, 0.15) is 13.1 Å². The van der Waals surface area contributed by atoms with Crippen molar-refractivity contribution in [2.45, 2.75) is 19.6 Å². The fourth-order valence-electron chi connectivity index (χ4n) is 1.57. The smallest absolute Gasteiger partial charge is 0.406 e.